The van der Waals surface area contributed by atoms with E-state index in [-0.39, 0.29) is 17.1 Å². The maximum atomic E-state index is 12.6. The molecular weight excluding hydrogens is 322 g/mol. The van der Waals surface area contributed by atoms with Crippen LogP contribution >= 0.6 is 27.5 Å². The van der Waals surface area contributed by atoms with E-state index in [0.29, 0.717) is 5.33 Å². The molecule has 0 spiro atoms. The van der Waals surface area contributed by atoms with Gasteiger partial charge in [-0.15, -0.1) is 0 Å². The van der Waals surface area contributed by atoms with Crippen LogP contribution in [-0.4, -0.2) is 11.2 Å². The smallest absolute Gasteiger partial charge is 0.325 e. The summed E-state index contributed by atoms with van der Waals surface area (Å²) < 4.78 is 37.9. The largest absolute Gasteiger partial charge is 0.418 e. The second kappa shape index (κ2) is 5.73. The lowest BCUT2D eigenvalue weighted by Gasteiger charge is -2.13. The van der Waals surface area contributed by atoms with Crippen molar-refractivity contribution >= 4 is 39.1 Å². The average molecular weight is 331 g/mol. The summed E-state index contributed by atoms with van der Waals surface area (Å²) in [6.07, 6.45) is -4.46. The van der Waals surface area contributed by atoms with Gasteiger partial charge in [-0.3, -0.25) is 4.79 Å². The zero-order valence-corrected chi connectivity index (χ0v) is 10.8. The van der Waals surface area contributed by atoms with Gasteiger partial charge in [-0.1, -0.05) is 27.5 Å². The van der Waals surface area contributed by atoms with Crippen molar-refractivity contribution < 1.29 is 18.0 Å². The molecule has 0 aliphatic carbocycles. The molecule has 0 heterocycles. The maximum absolute atomic E-state index is 12.6. The monoisotopic (exact) mass is 329 g/mol. The number of alkyl halides is 4. The fourth-order valence-electron chi connectivity index (χ4n) is 1.16. The van der Waals surface area contributed by atoms with Crippen LogP contribution in [0, 0.1) is 0 Å². The van der Waals surface area contributed by atoms with Gasteiger partial charge in [0.25, 0.3) is 0 Å². The van der Waals surface area contributed by atoms with Crippen LogP contribution in [-0.2, 0) is 11.0 Å². The molecule has 0 radical (unpaired) electrons. The zero-order valence-electron chi connectivity index (χ0n) is 8.44. The van der Waals surface area contributed by atoms with E-state index in [9.17, 15) is 18.0 Å². The maximum Gasteiger partial charge on any atom is 0.418 e. The molecule has 94 valence electrons. The van der Waals surface area contributed by atoms with Crippen LogP contribution in [0.2, 0.25) is 5.02 Å². The normalized spacial score (nSPS) is 11.4. The molecule has 0 saturated carbocycles. The van der Waals surface area contributed by atoms with E-state index in [1.165, 1.54) is 6.07 Å². The van der Waals surface area contributed by atoms with Crippen molar-refractivity contribution in [2.24, 2.45) is 0 Å². The Morgan fingerprint density at radius 2 is 2.06 bits per heavy atom. The first-order valence-electron chi connectivity index (χ1n) is 4.57. The van der Waals surface area contributed by atoms with Gasteiger partial charge in [0, 0.05) is 16.8 Å². The molecule has 1 aromatic carbocycles. The highest BCUT2D eigenvalue weighted by Gasteiger charge is 2.34. The van der Waals surface area contributed by atoms with Crippen molar-refractivity contribution in [3.63, 3.8) is 0 Å². The van der Waals surface area contributed by atoms with Crippen molar-refractivity contribution in [1.82, 2.24) is 0 Å². The summed E-state index contributed by atoms with van der Waals surface area (Å²) in [6.45, 7) is 0. The number of nitrogens with one attached hydrogen (secondary N) is 1. The Balaban J connectivity index is 3.03. The minimum atomic E-state index is -4.55. The molecule has 0 bridgehead atoms. The van der Waals surface area contributed by atoms with Gasteiger partial charge in [-0.05, 0) is 18.2 Å². The predicted molar refractivity (Wildman–Crippen MR) is 63.5 cm³/mol. The summed E-state index contributed by atoms with van der Waals surface area (Å²) >= 11 is 8.53. The molecule has 0 atom stereocenters. The Kier molecular flexibility index (Phi) is 4.82. The van der Waals surface area contributed by atoms with Crippen molar-refractivity contribution in [2.45, 2.75) is 12.6 Å². The van der Waals surface area contributed by atoms with Crippen LogP contribution in [0.4, 0.5) is 18.9 Å². The summed E-state index contributed by atoms with van der Waals surface area (Å²) in [5.74, 6) is -0.491. The molecule has 1 rings (SSSR count). The van der Waals surface area contributed by atoms with Crippen LogP contribution < -0.4 is 5.32 Å². The molecule has 0 fully saturated rings. The van der Waals surface area contributed by atoms with Crippen molar-refractivity contribution in [2.75, 3.05) is 10.6 Å². The van der Waals surface area contributed by atoms with Gasteiger partial charge in [0.2, 0.25) is 5.91 Å². The lowest BCUT2D eigenvalue weighted by atomic mass is 10.1. The molecule has 0 saturated heterocycles. The highest BCUT2D eigenvalue weighted by Crippen LogP contribution is 2.36. The Morgan fingerprint density at radius 1 is 1.41 bits per heavy atom. The van der Waals surface area contributed by atoms with Gasteiger partial charge in [0.05, 0.1) is 11.3 Å². The summed E-state index contributed by atoms with van der Waals surface area (Å²) in [5.41, 5.74) is -1.24. The van der Waals surface area contributed by atoms with Gasteiger partial charge >= 0.3 is 6.18 Å². The number of amides is 1. The minimum Gasteiger partial charge on any atom is -0.325 e. The molecule has 0 unspecified atom stereocenters. The number of rotatable bonds is 3. The number of benzene rings is 1. The highest BCUT2D eigenvalue weighted by molar-refractivity contribution is 9.09. The quantitative estimate of drug-likeness (QED) is 0.831. The SMILES string of the molecule is O=C(CCBr)Nc1ccc(Cl)cc1C(F)(F)F. The first kappa shape index (κ1) is 14.3. The lowest BCUT2D eigenvalue weighted by Crippen LogP contribution is -2.16. The highest BCUT2D eigenvalue weighted by atomic mass is 79.9. The second-order valence-electron chi connectivity index (χ2n) is 3.17. The molecular formula is C10H8BrClF3NO. The first-order chi connectivity index (χ1) is 7.84. The number of anilines is 1. The van der Waals surface area contributed by atoms with E-state index >= 15 is 0 Å². The summed E-state index contributed by atoms with van der Waals surface area (Å²) in [5, 5.41) is 2.55. The summed E-state index contributed by atoms with van der Waals surface area (Å²) in [7, 11) is 0. The third kappa shape index (κ3) is 4.20. The van der Waals surface area contributed by atoms with Crippen LogP contribution in [0.5, 0.6) is 0 Å². The Hall–Kier alpha value is -0.750. The Bertz CT molecular complexity index is 423. The predicted octanol–water partition coefficient (Wildman–Crippen LogP) is 4.08. The van der Waals surface area contributed by atoms with Crippen LogP contribution in [0.1, 0.15) is 12.0 Å². The van der Waals surface area contributed by atoms with E-state index in [1.54, 1.807) is 0 Å². The molecule has 17 heavy (non-hydrogen) atoms. The zero-order chi connectivity index (χ0) is 13.1. The van der Waals surface area contributed by atoms with Crippen LogP contribution in [0.3, 0.4) is 0 Å². The standard InChI is InChI=1S/C10H8BrClF3NO/c11-4-3-9(17)16-8-2-1-6(12)5-7(8)10(13,14)15/h1-2,5H,3-4H2,(H,16,17). The topological polar surface area (TPSA) is 29.1 Å². The number of hydrogen-bond donors (Lipinski definition) is 1. The fourth-order valence-corrected chi connectivity index (χ4v) is 1.69. The minimum absolute atomic E-state index is 0.0317. The fraction of sp³-hybridized carbons (Fsp3) is 0.300. The molecule has 0 aromatic heterocycles. The Morgan fingerprint density at radius 3 is 2.59 bits per heavy atom. The summed E-state index contributed by atoms with van der Waals surface area (Å²) in [6, 6.07) is 3.21. The Labute approximate surface area is 109 Å². The van der Waals surface area contributed by atoms with Gasteiger partial charge in [-0.2, -0.15) is 13.2 Å². The van der Waals surface area contributed by atoms with Crippen molar-refractivity contribution in [3.05, 3.63) is 28.8 Å². The second-order valence-corrected chi connectivity index (χ2v) is 4.40. The lowest BCUT2D eigenvalue weighted by molar-refractivity contribution is -0.137. The van der Waals surface area contributed by atoms with Crippen LogP contribution in [0.15, 0.2) is 18.2 Å². The molecule has 1 aromatic rings. The number of halogens is 5. The van der Waals surface area contributed by atoms with Gasteiger partial charge in [0.1, 0.15) is 0 Å². The van der Waals surface area contributed by atoms with Crippen LogP contribution in [0.25, 0.3) is 0 Å². The molecule has 0 aliphatic heterocycles. The van der Waals surface area contributed by atoms with E-state index < -0.39 is 17.6 Å². The van der Waals surface area contributed by atoms with Crippen molar-refractivity contribution in [3.8, 4) is 0 Å². The molecule has 1 N–H and O–H groups in total. The van der Waals surface area contributed by atoms with E-state index in [0.717, 1.165) is 12.1 Å². The number of hydrogen-bond acceptors (Lipinski definition) is 1. The number of carbonyl (C=O) groups excluding carboxylic acids is 1. The number of carbonyl (C=O) groups is 1. The van der Waals surface area contributed by atoms with E-state index in [4.69, 9.17) is 11.6 Å². The van der Waals surface area contributed by atoms with E-state index in [1.807, 2.05) is 0 Å². The third-order valence-electron chi connectivity index (χ3n) is 1.88. The van der Waals surface area contributed by atoms with Gasteiger partial charge in [-0.25, -0.2) is 0 Å². The average Bonchev–Trinajstić information content (AvgIpc) is 2.19. The summed E-state index contributed by atoms with van der Waals surface area (Å²) in [4.78, 5) is 11.2. The first-order valence-corrected chi connectivity index (χ1v) is 6.07. The van der Waals surface area contributed by atoms with Crippen molar-refractivity contribution in [1.29, 1.82) is 0 Å². The van der Waals surface area contributed by atoms with Gasteiger partial charge in [0.15, 0.2) is 0 Å². The van der Waals surface area contributed by atoms with E-state index in [2.05, 4.69) is 21.2 Å². The third-order valence-corrected chi connectivity index (χ3v) is 2.51. The van der Waals surface area contributed by atoms with Gasteiger partial charge < -0.3 is 5.32 Å². The molecule has 7 heteroatoms. The molecule has 2 nitrogen and oxygen atoms in total. The molecule has 0 aliphatic rings. The molecule has 1 amide bonds.